The molecular formula is C16H21NO4. The number of carboxylic acid groups (broad SMARTS) is 1. The van der Waals surface area contributed by atoms with Gasteiger partial charge in [0.2, 0.25) is 0 Å². The number of ether oxygens (including phenoxy) is 1. The van der Waals surface area contributed by atoms with E-state index in [9.17, 15) is 9.59 Å². The van der Waals surface area contributed by atoms with Crippen LogP contribution in [-0.4, -0.2) is 41.6 Å². The Hall–Kier alpha value is -2.04. The van der Waals surface area contributed by atoms with E-state index >= 15 is 0 Å². The summed E-state index contributed by atoms with van der Waals surface area (Å²) in [5.74, 6) is -0.488. The van der Waals surface area contributed by atoms with Gasteiger partial charge in [-0.25, -0.2) is 0 Å². The molecule has 114 valence electrons. The van der Waals surface area contributed by atoms with Gasteiger partial charge in [-0.15, -0.1) is 0 Å². The molecule has 1 aromatic rings. The van der Waals surface area contributed by atoms with Crippen molar-refractivity contribution in [1.82, 2.24) is 4.90 Å². The third-order valence-corrected chi connectivity index (χ3v) is 3.71. The fourth-order valence-corrected chi connectivity index (χ4v) is 2.74. The summed E-state index contributed by atoms with van der Waals surface area (Å²) < 4.78 is 5.35. The van der Waals surface area contributed by atoms with E-state index < -0.39 is 11.9 Å². The Morgan fingerprint density at radius 2 is 1.95 bits per heavy atom. The molecule has 0 aliphatic carbocycles. The van der Waals surface area contributed by atoms with Gasteiger partial charge in [-0.2, -0.15) is 0 Å². The number of aliphatic carboxylic acids is 1. The zero-order valence-electron chi connectivity index (χ0n) is 12.4. The molecular weight excluding hydrogens is 270 g/mol. The molecule has 0 radical (unpaired) electrons. The van der Waals surface area contributed by atoms with Crippen LogP contribution in [0.5, 0.6) is 5.75 Å². The molecule has 5 heteroatoms. The Morgan fingerprint density at radius 3 is 2.52 bits per heavy atom. The molecule has 1 amide bonds. The van der Waals surface area contributed by atoms with Crippen LogP contribution in [0.3, 0.4) is 0 Å². The van der Waals surface area contributed by atoms with Gasteiger partial charge in [0.05, 0.1) is 12.5 Å². The van der Waals surface area contributed by atoms with E-state index in [1.807, 2.05) is 13.8 Å². The van der Waals surface area contributed by atoms with Gasteiger partial charge >= 0.3 is 5.97 Å². The first-order valence-corrected chi connectivity index (χ1v) is 7.26. The highest BCUT2D eigenvalue weighted by atomic mass is 16.5. The zero-order chi connectivity index (χ0) is 15.4. The number of nitrogens with zero attached hydrogens (tertiary/aromatic N) is 1. The van der Waals surface area contributed by atoms with Crippen LogP contribution in [0, 0.1) is 11.8 Å². The van der Waals surface area contributed by atoms with Crippen molar-refractivity contribution in [2.75, 3.05) is 19.7 Å². The third kappa shape index (κ3) is 3.74. The van der Waals surface area contributed by atoms with Gasteiger partial charge in [0.1, 0.15) is 5.75 Å². The Labute approximate surface area is 124 Å². The molecule has 0 saturated carbocycles. The van der Waals surface area contributed by atoms with Gasteiger partial charge in [0.15, 0.2) is 0 Å². The lowest BCUT2D eigenvalue weighted by atomic mass is 9.90. The summed E-state index contributed by atoms with van der Waals surface area (Å²) in [6.45, 7) is 5.35. The molecule has 0 aromatic heterocycles. The van der Waals surface area contributed by atoms with Crippen molar-refractivity contribution in [1.29, 1.82) is 0 Å². The third-order valence-electron chi connectivity index (χ3n) is 3.71. The molecule has 0 bridgehead atoms. The second-order valence-corrected chi connectivity index (χ2v) is 5.54. The van der Waals surface area contributed by atoms with Crippen molar-refractivity contribution in [3.63, 3.8) is 0 Å². The predicted molar refractivity (Wildman–Crippen MR) is 78.4 cm³/mol. The maximum Gasteiger partial charge on any atom is 0.308 e. The van der Waals surface area contributed by atoms with Crippen molar-refractivity contribution in [3.05, 3.63) is 29.8 Å². The van der Waals surface area contributed by atoms with Crippen LogP contribution in [0.4, 0.5) is 0 Å². The minimum Gasteiger partial charge on any atom is -0.494 e. The Morgan fingerprint density at radius 1 is 1.29 bits per heavy atom. The number of likely N-dealkylation sites (tertiary alicyclic amines) is 1. The Bertz CT molecular complexity index is 512. The van der Waals surface area contributed by atoms with Gasteiger partial charge in [0, 0.05) is 18.7 Å². The first-order valence-electron chi connectivity index (χ1n) is 7.26. The SMILES string of the molecule is CCOc1ccc(C(=O)N2CC(C)CC(C(=O)O)C2)cc1. The van der Waals surface area contributed by atoms with Crippen LogP contribution >= 0.6 is 0 Å². The Balaban J connectivity index is 2.09. The van der Waals surface area contributed by atoms with Gasteiger partial charge in [0.25, 0.3) is 5.91 Å². The monoisotopic (exact) mass is 291 g/mol. The number of carbonyl (C=O) groups excluding carboxylic acids is 1. The maximum absolute atomic E-state index is 12.5. The molecule has 5 nitrogen and oxygen atoms in total. The minimum absolute atomic E-state index is 0.115. The average Bonchev–Trinajstić information content (AvgIpc) is 2.47. The van der Waals surface area contributed by atoms with Gasteiger partial charge in [-0.05, 0) is 43.5 Å². The summed E-state index contributed by atoms with van der Waals surface area (Å²) in [5, 5.41) is 9.17. The molecule has 2 atom stereocenters. The Kier molecular flexibility index (Phi) is 4.83. The van der Waals surface area contributed by atoms with E-state index in [4.69, 9.17) is 9.84 Å². The highest BCUT2D eigenvalue weighted by molar-refractivity contribution is 5.94. The minimum atomic E-state index is -0.828. The zero-order valence-corrected chi connectivity index (χ0v) is 12.4. The van der Waals surface area contributed by atoms with Crippen LogP contribution in [0.2, 0.25) is 0 Å². The van der Waals surface area contributed by atoms with Crippen LogP contribution < -0.4 is 4.74 Å². The average molecular weight is 291 g/mol. The van der Waals surface area contributed by atoms with Crippen molar-refractivity contribution in [3.8, 4) is 5.75 Å². The highest BCUT2D eigenvalue weighted by Crippen LogP contribution is 2.24. The van der Waals surface area contributed by atoms with Crippen molar-refractivity contribution < 1.29 is 19.4 Å². The quantitative estimate of drug-likeness (QED) is 0.924. The van der Waals surface area contributed by atoms with Crippen LogP contribution in [0.25, 0.3) is 0 Å². The van der Waals surface area contributed by atoms with E-state index in [0.717, 1.165) is 5.75 Å². The van der Waals surface area contributed by atoms with E-state index in [1.54, 1.807) is 29.2 Å². The number of rotatable bonds is 4. The first-order chi connectivity index (χ1) is 10.0. The van der Waals surface area contributed by atoms with Crippen molar-refractivity contribution in [2.45, 2.75) is 20.3 Å². The summed E-state index contributed by atoms with van der Waals surface area (Å²) in [6.07, 6.45) is 0.627. The van der Waals surface area contributed by atoms with E-state index in [-0.39, 0.29) is 18.4 Å². The number of benzene rings is 1. The molecule has 1 aliphatic rings. The fraction of sp³-hybridized carbons (Fsp3) is 0.500. The lowest BCUT2D eigenvalue weighted by Crippen LogP contribution is -2.45. The van der Waals surface area contributed by atoms with Crippen LogP contribution in [-0.2, 0) is 4.79 Å². The number of carbonyl (C=O) groups is 2. The lowest BCUT2D eigenvalue weighted by Gasteiger charge is -2.34. The standard InChI is InChI=1S/C16H21NO4/c1-3-21-14-6-4-12(5-7-14)15(18)17-9-11(2)8-13(10-17)16(19)20/h4-7,11,13H,3,8-10H2,1-2H3,(H,19,20). The molecule has 0 spiro atoms. The summed E-state index contributed by atoms with van der Waals surface area (Å²) >= 11 is 0. The molecule has 21 heavy (non-hydrogen) atoms. The molecule has 2 rings (SSSR count). The van der Waals surface area contributed by atoms with Gasteiger partial charge < -0.3 is 14.7 Å². The number of hydrogen-bond donors (Lipinski definition) is 1. The van der Waals surface area contributed by atoms with Gasteiger partial charge in [-0.3, -0.25) is 9.59 Å². The summed E-state index contributed by atoms with van der Waals surface area (Å²) in [5.41, 5.74) is 0.566. The summed E-state index contributed by atoms with van der Waals surface area (Å²) in [4.78, 5) is 25.3. The molecule has 1 N–H and O–H groups in total. The number of amides is 1. The summed E-state index contributed by atoms with van der Waals surface area (Å²) in [6, 6.07) is 6.97. The molecule has 1 heterocycles. The lowest BCUT2D eigenvalue weighted by molar-refractivity contribution is -0.143. The fourth-order valence-electron chi connectivity index (χ4n) is 2.74. The van der Waals surface area contributed by atoms with Crippen molar-refractivity contribution in [2.24, 2.45) is 11.8 Å². The van der Waals surface area contributed by atoms with Crippen LogP contribution in [0.15, 0.2) is 24.3 Å². The van der Waals surface area contributed by atoms with Crippen molar-refractivity contribution >= 4 is 11.9 Å². The van der Waals surface area contributed by atoms with E-state index in [1.165, 1.54) is 0 Å². The predicted octanol–water partition coefficient (Wildman–Crippen LogP) is 2.27. The summed E-state index contributed by atoms with van der Waals surface area (Å²) in [7, 11) is 0. The topological polar surface area (TPSA) is 66.8 Å². The molecule has 1 fully saturated rings. The largest absolute Gasteiger partial charge is 0.494 e. The second-order valence-electron chi connectivity index (χ2n) is 5.54. The molecule has 2 unspecified atom stereocenters. The first kappa shape index (κ1) is 15.4. The van der Waals surface area contributed by atoms with E-state index in [0.29, 0.717) is 25.1 Å². The molecule has 1 saturated heterocycles. The van der Waals surface area contributed by atoms with Gasteiger partial charge in [-0.1, -0.05) is 6.92 Å². The normalized spacial score (nSPS) is 21.9. The van der Waals surface area contributed by atoms with E-state index in [2.05, 4.69) is 0 Å². The maximum atomic E-state index is 12.5. The molecule has 1 aromatic carbocycles. The molecule has 1 aliphatic heterocycles. The smallest absolute Gasteiger partial charge is 0.308 e. The number of hydrogen-bond acceptors (Lipinski definition) is 3. The second kappa shape index (κ2) is 6.61. The number of piperidine rings is 1. The van der Waals surface area contributed by atoms with Crippen LogP contribution in [0.1, 0.15) is 30.6 Å². The number of carboxylic acids is 1. The highest BCUT2D eigenvalue weighted by Gasteiger charge is 2.32.